The van der Waals surface area contributed by atoms with Gasteiger partial charge >= 0.3 is 0 Å². The Kier molecular flexibility index (Phi) is 6.83. The monoisotopic (exact) mass is 512 g/mol. The zero-order chi connectivity index (χ0) is 26.1. The van der Waals surface area contributed by atoms with Gasteiger partial charge in [-0.2, -0.15) is 10.5 Å². The Morgan fingerprint density at radius 2 is 1.34 bits per heavy atom. The van der Waals surface area contributed by atoms with E-state index >= 15 is 0 Å². The van der Waals surface area contributed by atoms with Crippen LogP contribution in [0.1, 0.15) is 11.1 Å². The number of aromatic amines is 1. The molecule has 2 heterocycles. The maximum absolute atomic E-state index is 11.6. The number of sulfonamides is 2. The highest BCUT2D eigenvalue weighted by Crippen LogP contribution is 2.30. The van der Waals surface area contributed by atoms with Gasteiger partial charge in [0.15, 0.2) is 0 Å². The molecule has 12 heteroatoms. The van der Waals surface area contributed by atoms with Crippen LogP contribution in [-0.4, -0.2) is 53.0 Å². The van der Waals surface area contributed by atoms with Crippen molar-refractivity contribution in [3.8, 4) is 12.1 Å². The summed E-state index contributed by atoms with van der Waals surface area (Å²) < 4.78 is 50.5. The molecule has 2 aromatic carbocycles. The van der Waals surface area contributed by atoms with E-state index in [1.165, 1.54) is 18.4 Å². The zero-order valence-electron chi connectivity index (χ0n) is 19.8. The minimum atomic E-state index is -3.36. The summed E-state index contributed by atoms with van der Waals surface area (Å²) in [7, 11) is -1.91. The number of hydrogen-bond donors (Lipinski definition) is 1. The van der Waals surface area contributed by atoms with E-state index in [2.05, 4.69) is 4.98 Å². The van der Waals surface area contributed by atoms with Crippen LogP contribution < -0.4 is 8.61 Å². The predicted molar refractivity (Wildman–Crippen MR) is 137 cm³/mol. The third kappa shape index (κ3) is 5.24. The third-order valence-electron chi connectivity index (χ3n) is 5.52. The summed E-state index contributed by atoms with van der Waals surface area (Å²) in [5.41, 5.74) is 3.37. The highest BCUT2D eigenvalue weighted by Gasteiger charge is 2.18. The van der Waals surface area contributed by atoms with Gasteiger partial charge in [0.05, 0.1) is 58.2 Å². The third-order valence-corrected chi connectivity index (χ3v) is 7.90. The normalized spacial score (nSPS) is 11.4. The molecule has 4 aromatic rings. The molecule has 0 fully saturated rings. The number of benzene rings is 2. The van der Waals surface area contributed by atoms with Crippen LogP contribution in [0.2, 0.25) is 0 Å². The van der Waals surface area contributed by atoms with Crippen LogP contribution in [0.4, 0.5) is 11.4 Å². The molecule has 2 aromatic heterocycles. The Morgan fingerprint density at radius 3 is 1.89 bits per heavy atom. The number of nitriles is 2. The van der Waals surface area contributed by atoms with Gasteiger partial charge in [0, 0.05) is 44.3 Å². The van der Waals surface area contributed by atoms with Crippen molar-refractivity contribution in [2.75, 3.05) is 35.2 Å². The quantitative estimate of drug-likeness (QED) is 0.445. The lowest BCUT2D eigenvalue weighted by Crippen LogP contribution is -2.25. The molecule has 0 atom stereocenters. The van der Waals surface area contributed by atoms with Crippen molar-refractivity contribution in [3.05, 3.63) is 59.9 Å². The Balaban J connectivity index is 0.000000196. The van der Waals surface area contributed by atoms with Crippen molar-refractivity contribution in [2.24, 2.45) is 7.05 Å². The fourth-order valence-electron chi connectivity index (χ4n) is 3.55. The van der Waals surface area contributed by atoms with Crippen LogP contribution in [0.15, 0.2) is 48.8 Å². The Morgan fingerprint density at radius 1 is 0.829 bits per heavy atom. The Bertz CT molecular complexity index is 1720. The summed E-state index contributed by atoms with van der Waals surface area (Å²) in [6.45, 7) is 0. The van der Waals surface area contributed by atoms with Crippen LogP contribution in [0.3, 0.4) is 0 Å². The molecule has 0 aliphatic carbocycles. The maximum Gasteiger partial charge on any atom is 0.232 e. The SMILES string of the molecule is CN(c1cc(C#N)cc2cc[nH]c12)S(C)(=O)=O.CN(c1cc(C#N)cc2ccn(C)c12)S(C)(=O)=O. The van der Waals surface area contributed by atoms with Crippen LogP contribution in [0, 0.1) is 22.7 Å². The van der Waals surface area contributed by atoms with E-state index in [4.69, 9.17) is 10.5 Å². The average Bonchev–Trinajstić information content (AvgIpc) is 3.42. The molecule has 10 nitrogen and oxygen atoms in total. The van der Waals surface area contributed by atoms with E-state index in [0.717, 1.165) is 33.1 Å². The van der Waals surface area contributed by atoms with Gasteiger partial charge in [-0.1, -0.05) is 0 Å². The number of hydrogen-bond acceptors (Lipinski definition) is 6. The lowest BCUT2D eigenvalue weighted by Gasteiger charge is -2.18. The molecule has 1 N–H and O–H groups in total. The fraction of sp³-hybridized carbons (Fsp3) is 0.217. The number of fused-ring (bicyclic) bond motifs is 2. The first kappa shape index (κ1) is 25.6. The lowest BCUT2D eigenvalue weighted by atomic mass is 10.1. The Labute approximate surface area is 204 Å². The van der Waals surface area contributed by atoms with Crippen LogP contribution >= 0.6 is 0 Å². The average molecular weight is 513 g/mol. The molecule has 0 saturated heterocycles. The standard InChI is InChI=1S/C12H13N3O2S.C11H11N3O2S/c1-14-5-4-10-6-9(8-13)7-11(12(10)14)15(2)18(3,16)17;1-14(17(2,15)16)10-6-8(7-12)5-9-3-4-13-11(9)10/h4-7H,1-3H3;3-6,13H,1-2H3. The summed E-state index contributed by atoms with van der Waals surface area (Å²) in [5.74, 6) is 0. The van der Waals surface area contributed by atoms with Gasteiger partial charge in [0.1, 0.15) is 0 Å². The van der Waals surface area contributed by atoms with Crippen molar-refractivity contribution in [2.45, 2.75) is 0 Å². The summed E-state index contributed by atoms with van der Waals surface area (Å²) in [4.78, 5) is 2.98. The van der Waals surface area contributed by atoms with Crippen molar-refractivity contribution in [1.29, 1.82) is 10.5 Å². The maximum atomic E-state index is 11.6. The van der Waals surface area contributed by atoms with Crippen molar-refractivity contribution in [1.82, 2.24) is 9.55 Å². The largest absolute Gasteiger partial charge is 0.359 e. The van der Waals surface area contributed by atoms with Crippen molar-refractivity contribution >= 4 is 53.2 Å². The summed E-state index contributed by atoms with van der Waals surface area (Å²) >= 11 is 0. The Hall–Kier alpha value is -4.00. The van der Waals surface area contributed by atoms with Crippen LogP contribution in [-0.2, 0) is 27.1 Å². The number of aromatic nitrogens is 2. The van der Waals surface area contributed by atoms with Crippen molar-refractivity contribution in [3.63, 3.8) is 0 Å². The molecule has 4 rings (SSSR count). The molecule has 0 bridgehead atoms. The first-order chi connectivity index (χ1) is 16.3. The van der Waals surface area contributed by atoms with E-state index in [1.54, 1.807) is 36.5 Å². The van der Waals surface area contributed by atoms with E-state index in [0.29, 0.717) is 28.0 Å². The molecule has 182 valence electrons. The van der Waals surface area contributed by atoms with Gasteiger partial charge in [-0.25, -0.2) is 16.8 Å². The molecule has 0 saturated carbocycles. The number of aryl methyl sites for hydroxylation is 1. The summed E-state index contributed by atoms with van der Waals surface area (Å²) in [5, 5.41) is 19.6. The van der Waals surface area contributed by atoms with Crippen LogP contribution in [0.25, 0.3) is 21.8 Å². The minimum absolute atomic E-state index is 0.433. The van der Waals surface area contributed by atoms with Crippen molar-refractivity contribution < 1.29 is 16.8 Å². The summed E-state index contributed by atoms with van der Waals surface area (Å²) in [6, 6.07) is 14.3. The minimum Gasteiger partial charge on any atom is -0.359 e. The number of nitrogens with one attached hydrogen (secondary N) is 1. The predicted octanol–water partition coefficient (Wildman–Crippen LogP) is 2.88. The smallest absolute Gasteiger partial charge is 0.232 e. The number of anilines is 2. The van der Waals surface area contributed by atoms with Gasteiger partial charge in [-0.3, -0.25) is 8.61 Å². The topological polar surface area (TPSA) is 143 Å². The van der Waals surface area contributed by atoms with E-state index < -0.39 is 20.0 Å². The molecule has 0 aliphatic rings. The molecule has 0 spiro atoms. The molecular weight excluding hydrogens is 488 g/mol. The first-order valence-corrected chi connectivity index (χ1v) is 13.9. The highest BCUT2D eigenvalue weighted by atomic mass is 32.2. The van der Waals surface area contributed by atoms with E-state index in [-0.39, 0.29) is 0 Å². The van der Waals surface area contributed by atoms with Gasteiger partial charge < -0.3 is 9.55 Å². The van der Waals surface area contributed by atoms with Gasteiger partial charge in [-0.05, 0) is 36.4 Å². The molecule has 35 heavy (non-hydrogen) atoms. The van der Waals surface area contributed by atoms with Gasteiger partial charge in [-0.15, -0.1) is 0 Å². The highest BCUT2D eigenvalue weighted by molar-refractivity contribution is 7.92. The molecule has 0 unspecified atom stereocenters. The zero-order valence-corrected chi connectivity index (χ0v) is 21.4. The fourth-order valence-corrected chi connectivity index (χ4v) is 4.54. The molecular formula is C23H24N6O4S2. The van der Waals surface area contributed by atoms with E-state index in [1.807, 2.05) is 36.0 Å². The lowest BCUT2D eigenvalue weighted by molar-refractivity contribution is 0.598. The molecule has 0 radical (unpaired) electrons. The second-order valence-electron chi connectivity index (χ2n) is 7.98. The number of rotatable bonds is 4. The molecule has 0 amide bonds. The van der Waals surface area contributed by atoms with E-state index in [9.17, 15) is 16.8 Å². The number of nitrogens with zero attached hydrogens (tertiary/aromatic N) is 5. The summed E-state index contributed by atoms with van der Waals surface area (Å²) in [6.07, 6.45) is 5.82. The first-order valence-electron chi connectivity index (χ1n) is 10.2. The molecule has 0 aliphatic heterocycles. The second-order valence-corrected chi connectivity index (χ2v) is 12.0. The van der Waals surface area contributed by atoms with Crippen LogP contribution in [0.5, 0.6) is 0 Å². The number of H-pyrrole nitrogens is 1. The second kappa shape index (κ2) is 9.33. The van der Waals surface area contributed by atoms with Gasteiger partial charge in [0.25, 0.3) is 0 Å². The van der Waals surface area contributed by atoms with Gasteiger partial charge in [0.2, 0.25) is 20.0 Å².